The van der Waals surface area contributed by atoms with E-state index in [0.717, 1.165) is 64.5 Å². The molecule has 0 spiro atoms. The number of carbonyl (C=O) groups is 1. The standard InChI is InChI=1S/C26H43N5O/c1-4-27-26(28-18-21-11-10-12-22(17-21)19-30(5-2)6-3)29-24-15-16-31(20-24)25(32)23-13-8-7-9-14-23/h10-12,17,23-24H,4-9,13-16,18-20H2,1-3H3,(H2,27,28,29). The van der Waals surface area contributed by atoms with Gasteiger partial charge in [-0.15, -0.1) is 0 Å². The normalized spacial score (nSPS) is 20.1. The number of amides is 1. The highest BCUT2D eigenvalue weighted by molar-refractivity contribution is 5.81. The average molecular weight is 442 g/mol. The Kier molecular flexibility index (Phi) is 9.85. The summed E-state index contributed by atoms with van der Waals surface area (Å²) >= 11 is 0. The van der Waals surface area contributed by atoms with Crippen molar-refractivity contribution in [3.05, 3.63) is 35.4 Å². The highest BCUT2D eigenvalue weighted by Crippen LogP contribution is 2.26. The smallest absolute Gasteiger partial charge is 0.225 e. The second-order valence-electron chi connectivity index (χ2n) is 9.23. The number of hydrogen-bond acceptors (Lipinski definition) is 3. The van der Waals surface area contributed by atoms with Crippen LogP contribution in [0.25, 0.3) is 0 Å². The molecule has 1 atom stereocenters. The fourth-order valence-electron chi connectivity index (χ4n) is 4.90. The van der Waals surface area contributed by atoms with Gasteiger partial charge in [-0.2, -0.15) is 0 Å². The lowest BCUT2D eigenvalue weighted by Crippen LogP contribution is -2.45. The molecule has 6 heteroatoms. The van der Waals surface area contributed by atoms with E-state index < -0.39 is 0 Å². The summed E-state index contributed by atoms with van der Waals surface area (Å²) in [4.78, 5) is 22.2. The van der Waals surface area contributed by atoms with Crippen LogP contribution in [0.4, 0.5) is 0 Å². The summed E-state index contributed by atoms with van der Waals surface area (Å²) in [6.45, 7) is 12.7. The summed E-state index contributed by atoms with van der Waals surface area (Å²) in [5.74, 6) is 1.48. The van der Waals surface area contributed by atoms with Gasteiger partial charge in [0.15, 0.2) is 5.96 Å². The Balaban J connectivity index is 1.54. The van der Waals surface area contributed by atoms with Gasteiger partial charge in [0, 0.05) is 38.1 Å². The van der Waals surface area contributed by atoms with Gasteiger partial charge in [-0.25, -0.2) is 4.99 Å². The Morgan fingerprint density at radius 1 is 1.09 bits per heavy atom. The van der Waals surface area contributed by atoms with Gasteiger partial charge in [0.1, 0.15) is 0 Å². The minimum atomic E-state index is 0.257. The molecule has 2 aliphatic rings. The van der Waals surface area contributed by atoms with Gasteiger partial charge < -0.3 is 15.5 Å². The molecule has 3 rings (SSSR count). The first kappa shape index (κ1) is 24.6. The number of benzene rings is 1. The van der Waals surface area contributed by atoms with Crippen LogP contribution >= 0.6 is 0 Å². The van der Waals surface area contributed by atoms with Crippen LogP contribution in [-0.4, -0.2) is 60.4 Å². The summed E-state index contributed by atoms with van der Waals surface area (Å²) in [5.41, 5.74) is 2.57. The zero-order valence-electron chi connectivity index (χ0n) is 20.4. The van der Waals surface area contributed by atoms with E-state index in [1.165, 1.54) is 30.4 Å². The fourth-order valence-corrected chi connectivity index (χ4v) is 4.90. The Bertz CT molecular complexity index is 739. The molecule has 1 saturated carbocycles. The van der Waals surface area contributed by atoms with E-state index in [4.69, 9.17) is 4.99 Å². The van der Waals surface area contributed by atoms with Crippen LogP contribution in [0.1, 0.15) is 70.4 Å². The third-order valence-electron chi connectivity index (χ3n) is 6.85. The van der Waals surface area contributed by atoms with Crippen LogP contribution in [0.5, 0.6) is 0 Å². The molecule has 2 N–H and O–H groups in total. The van der Waals surface area contributed by atoms with Crippen molar-refractivity contribution < 1.29 is 4.79 Å². The van der Waals surface area contributed by atoms with Crippen molar-refractivity contribution in [1.82, 2.24) is 20.4 Å². The number of hydrogen-bond donors (Lipinski definition) is 2. The van der Waals surface area contributed by atoms with Gasteiger partial charge in [-0.1, -0.05) is 57.4 Å². The maximum Gasteiger partial charge on any atom is 0.225 e. The molecule has 0 bridgehead atoms. The predicted octanol–water partition coefficient (Wildman–Crippen LogP) is 3.76. The van der Waals surface area contributed by atoms with Crippen molar-refractivity contribution in [2.45, 2.75) is 78.4 Å². The lowest BCUT2D eigenvalue weighted by Gasteiger charge is -2.26. The molecule has 32 heavy (non-hydrogen) atoms. The Morgan fingerprint density at radius 2 is 1.84 bits per heavy atom. The van der Waals surface area contributed by atoms with E-state index in [0.29, 0.717) is 12.5 Å². The van der Waals surface area contributed by atoms with Gasteiger partial charge in [0.2, 0.25) is 5.91 Å². The molecular formula is C26H43N5O. The predicted molar refractivity (Wildman–Crippen MR) is 133 cm³/mol. The number of nitrogens with zero attached hydrogens (tertiary/aromatic N) is 3. The van der Waals surface area contributed by atoms with Crippen LogP contribution in [0.2, 0.25) is 0 Å². The largest absolute Gasteiger partial charge is 0.357 e. The Hall–Kier alpha value is -2.08. The van der Waals surface area contributed by atoms with E-state index in [9.17, 15) is 4.79 Å². The number of rotatable bonds is 9. The molecule has 1 heterocycles. The van der Waals surface area contributed by atoms with Crippen LogP contribution < -0.4 is 10.6 Å². The van der Waals surface area contributed by atoms with Crippen molar-refractivity contribution in [2.24, 2.45) is 10.9 Å². The summed E-state index contributed by atoms with van der Waals surface area (Å²) in [6, 6.07) is 9.03. The molecule has 0 aromatic heterocycles. The first-order chi connectivity index (χ1) is 15.6. The van der Waals surface area contributed by atoms with E-state index in [2.05, 4.69) is 65.5 Å². The molecule has 2 fully saturated rings. The number of likely N-dealkylation sites (tertiary alicyclic amines) is 1. The molecule has 1 aromatic rings. The van der Waals surface area contributed by atoms with Gasteiger partial charge in [-0.05, 0) is 50.4 Å². The van der Waals surface area contributed by atoms with Crippen LogP contribution in [0.15, 0.2) is 29.3 Å². The topological polar surface area (TPSA) is 60.0 Å². The lowest BCUT2D eigenvalue weighted by molar-refractivity contribution is -0.135. The summed E-state index contributed by atoms with van der Waals surface area (Å²) in [5, 5.41) is 6.96. The van der Waals surface area contributed by atoms with Crippen LogP contribution in [0, 0.1) is 5.92 Å². The number of aliphatic imine (C=N–C) groups is 1. The van der Waals surface area contributed by atoms with Crippen LogP contribution in [-0.2, 0) is 17.9 Å². The van der Waals surface area contributed by atoms with Gasteiger partial charge in [-0.3, -0.25) is 9.69 Å². The molecule has 1 amide bonds. The SMILES string of the molecule is CCNC(=NCc1cccc(CN(CC)CC)c1)NC1CCN(C(=O)C2CCCCC2)C1. The summed E-state index contributed by atoms with van der Waals surface area (Å²) < 4.78 is 0. The monoisotopic (exact) mass is 441 g/mol. The maximum absolute atomic E-state index is 12.9. The molecule has 0 radical (unpaired) electrons. The zero-order chi connectivity index (χ0) is 22.8. The van der Waals surface area contributed by atoms with Crippen LogP contribution in [0.3, 0.4) is 0 Å². The molecule has 178 valence electrons. The van der Waals surface area contributed by atoms with Crippen molar-refractivity contribution in [3.8, 4) is 0 Å². The number of nitrogens with one attached hydrogen (secondary N) is 2. The Morgan fingerprint density at radius 3 is 2.56 bits per heavy atom. The fraction of sp³-hybridized carbons (Fsp3) is 0.692. The molecule has 6 nitrogen and oxygen atoms in total. The molecule has 1 aliphatic heterocycles. The van der Waals surface area contributed by atoms with Gasteiger partial charge >= 0.3 is 0 Å². The van der Waals surface area contributed by atoms with E-state index in [-0.39, 0.29) is 12.0 Å². The highest BCUT2D eigenvalue weighted by Gasteiger charge is 2.31. The first-order valence-corrected chi connectivity index (χ1v) is 12.8. The molecule has 1 aliphatic carbocycles. The van der Waals surface area contributed by atoms with Gasteiger partial charge in [0.05, 0.1) is 6.54 Å². The third kappa shape index (κ3) is 7.22. The number of carbonyl (C=O) groups excluding carboxylic acids is 1. The molecular weight excluding hydrogens is 398 g/mol. The first-order valence-electron chi connectivity index (χ1n) is 12.8. The van der Waals surface area contributed by atoms with Crippen molar-refractivity contribution in [2.75, 3.05) is 32.7 Å². The van der Waals surface area contributed by atoms with Crippen molar-refractivity contribution in [3.63, 3.8) is 0 Å². The summed E-state index contributed by atoms with van der Waals surface area (Å²) in [7, 11) is 0. The molecule has 1 saturated heterocycles. The lowest BCUT2D eigenvalue weighted by atomic mass is 9.88. The third-order valence-corrected chi connectivity index (χ3v) is 6.85. The minimum absolute atomic E-state index is 0.257. The maximum atomic E-state index is 12.9. The van der Waals surface area contributed by atoms with E-state index in [1.807, 2.05) is 0 Å². The van der Waals surface area contributed by atoms with Crippen molar-refractivity contribution in [1.29, 1.82) is 0 Å². The Labute approximate surface area is 194 Å². The van der Waals surface area contributed by atoms with Crippen molar-refractivity contribution >= 4 is 11.9 Å². The second-order valence-corrected chi connectivity index (χ2v) is 9.23. The number of guanidine groups is 1. The van der Waals surface area contributed by atoms with Gasteiger partial charge in [0.25, 0.3) is 0 Å². The molecule has 1 unspecified atom stereocenters. The summed E-state index contributed by atoms with van der Waals surface area (Å²) in [6.07, 6.45) is 6.84. The second kappa shape index (κ2) is 12.8. The van der Waals surface area contributed by atoms with E-state index >= 15 is 0 Å². The van der Waals surface area contributed by atoms with E-state index in [1.54, 1.807) is 0 Å². The quantitative estimate of drug-likeness (QED) is 0.452. The molecule has 1 aromatic carbocycles. The highest BCUT2D eigenvalue weighted by atomic mass is 16.2. The zero-order valence-corrected chi connectivity index (χ0v) is 20.4. The average Bonchev–Trinajstić information content (AvgIpc) is 3.30. The minimum Gasteiger partial charge on any atom is -0.357 e.